The topological polar surface area (TPSA) is 0 Å². The van der Waals surface area contributed by atoms with E-state index >= 15 is 0 Å². The number of hydrogen-bond donors (Lipinski definition) is 0. The Labute approximate surface area is 124 Å². The normalized spacial score (nSPS) is 10.6. The van der Waals surface area contributed by atoms with Crippen molar-refractivity contribution in [2.24, 2.45) is 0 Å². The predicted octanol–water partition coefficient (Wildman–Crippen LogP) is 6.40. The third-order valence-electron chi connectivity index (χ3n) is 3.29. The van der Waals surface area contributed by atoms with Gasteiger partial charge < -0.3 is 0 Å². The second-order valence-electron chi connectivity index (χ2n) is 4.58. The van der Waals surface area contributed by atoms with E-state index in [1.54, 1.807) is 0 Å². The minimum atomic E-state index is 1.16. The average Bonchev–Trinajstić information content (AvgIpc) is 2.76. The first-order valence-corrected chi connectivity index (χ1v) is 7.58. The first-order chi connectivity index (χ1) is 9.66. The molecule has 0 nitrogen and oxygen atoms in total. The van der Waals surface area contributed by atoms with Gasteiger partial charge in [-0.1, -0.05) is 81.8 Å². The standard InChI is InChI=1S/C16H14.2C2H6/c1-10-4-6-13-14-7-5-11(2)9-16(14)12(3)15(13)8-10;2*1-2/h4-9H,3H2,1-2H3;2*1-2H3. The highest BCUT2D eigenvalue weighted by molar-refractivity contribution is 6.00. The van der Waals surface area contributed by atoms with Gasteiger partial charge in [0.25, 0.3) is 0 Å². The number of fused-ring (bicyclic) bond motifs is 3. The van der Waals surface area contributed by atoms with E-state index in [2.05, 4.69) is 56.8 Å². The summed E-state index contributed by atoms with van der Waals surface area (Å²) in [4.78, 5) is 0. The van der Waals surface area contributed by atoms with Crippen LogP contribution < -0.4 is 0 Å². The van der Waals surface area contributed by atoms with Crippen LogP contribution in [0.5, 0.6) is 0 Å². The quantitative estimate of drug-likeness (QED) is 0.442. The maximum absolute atomic E-state index is 4.22. The maximum atomic E-state index is 4.22. The predicted molar refractivity (Wildman–Crippen MR) is 92.2 cm³/mol. The van der Waals surface area contributed by atoms with E-state index in [-0.39, 0.29) is 0 Å². The van der Waals surface area contributed by atoms with Crippen molar-refractivity contribution in [1.82, 2.24) is 0 Å². The first-order valence-electron chi connectivity index (χ1n) is 7.58. The average molecular weight is 266 g/mol. The molecule has 1 aliphatic rings. The van der Waals surface area contributed by atoms with Crippen LogP contribution in [-0.4, -0.2) is 0 Å². The Morgan fingerprint density at radius 1 is 0.600 bits per heavy atom. The monoisotopic (exact) mass is 266 g/mol. The Balaban J connectivity index is 0.000000461. The molecule has 0 heterocycles. The summed E-state index contributed by atoms with van der Waals surface area (Å²) in [5.74, 6) is 0. The lowest BCUT2D eigenvalue weighted by atomic mass is 10.0. The number of aryl methyl sites for hydroxylation is 2. The largest absolute Gasteiger partial charge is 0.0905 e. The van der Waals surface area contributed by atoms with Crippen molar-refractivity contribution >= 4 is 5.57 Å². The summed E-state index contributed by atoms with van der Waals surface area (Å²) in [7, 11) is 0. The van der Waals surface area contributed by atoms with Crippen molar-refractivity contribution in [3.8, 4) is 11.1 Å². The van der Waals surface area contributed by atoms with E-state index in [0.717, 1.165) is 5.57 Å². The fourth-order valence-electron chi connectivity index (χ4n) is 2.43. The summed E-state index contributed by atoms with van der Waals surface area (Å²) in [5.41, 5.74) is 8.99. The molecule has 20 heavy (non-hydrogen) atoms. The third kappa shape index (κ3) is 2.85. The Kier molecular flexibility index (Phi) is 5.76. The molecule has 0 N–H and O–H groups in total. The summed E-state index contributed by atoms with van der Waals surface area (Å²) >= 11 is 0. The Morgan fingerprint density at radius 2 is 0.950 bits per heavy atom. The van der Waals surface area contributed by atoms with Gasteiger partial charge in [0.05, 0.1) is 0 Å². The van der Waals surface area contributed by atoms with Crippen molar-refractivity contribution in [1.29, 1.82) is 0 Å². The molecule has 0 saturated heterocycles. The lowest BCUT2D eigenvalue weighted by Crippen LogP contribution is -1.80. The van der Waals surface area contributed by atoms with Crippen LogP contribution in [-0.2, 0) is 0 Å². The molecule has 0 atom stereocenters. The summed E-state index contributed by atoms with van der Waals surface area (Å²) in [5, 5.41) is 0. The molecule has 2 aromatic carbocycles. The van der Waals surface area contributed by atoms with Gasteiger partial charge in [0.1, 0.15) is 0 Å². The molecule has 0 heteroatoms. The Hall–Kier alpha value is -1.82. The minimum Gasteiger partial charge on any atom is -0.0905 e. The molecule has 0 radical (unpaired) electrons. The van der Waals surface area contributed by atoms with E-state index < -0.39 is 0 Å². The molecule has 1 aliphatic carbocycles. The highest BCUT2D eigenvalue weighted by Crippen LogP contribution is 2.43. The van der Waals surface area contributed by atoms with Gasteiger partial charge in [-0.05, 0) is 41.7 Å². The fourth-order valence-corrected chi connectivity index (χ4v) is 2.43. The molecule has 0 fully saturated rings. The van der Waals surface area contributed by atoms with Crippen molar-refractivity contribution in [3.05, 3.63) is 65.2 Å². The van der Waals surface area contributed by atoms with Gasteiger partial charge in [-0.3, -0.25) is 0 Å². The van der Waals surface area contributed by atoms with Gasteiger partial charge in [-0.25, -0.2) is 0 Å². The van der Waals surface area contributed by atoms with Crippen LogP contribution in [0.4, 0.5) is 0 Å². The molecule has 0 spiro atoms. The molecule has 0 amide bonds. The highest BCUT2D eigenvalue weighted by Gasteiger charge is 2.21. The van der Waals surface area contributed by atoms with E-state index in [4.69, 9.17) is 0 Å². The number of hydrogen-bond acceptors (Lipinski definition) is 0. The first kappa shape index (κ1) is 16.2. The van der Waals surface area contributed by atoms with E-state index in [1.807, 2.05) is 27.7 Å². The van der Waals surface area contributed by atoms with Gasteiger partial charge in [-0.15, -0.1) is 0 Å². The van der Waals surface area contributed by atoms with Gasteiger partial charge >= 0.3 is 0 Å². The number of rotatable bonds is 0. The van der Waals surface area contributed by atoms with Gasteiger partial charge in [0.15, 0.2) is 0 Å². The van der Waals surface area contributed by atoms with Crippen LogP contribution in [0.15, 0.2) is 43.0 Å². The molecule has 0 aromatic heterocycles. The molecular weight excluding hydrogens is 240 g/mol. The van der Waals surface area contributed by atoms with Crippen LogP contribution in [0.1, 0.15) is 49.9 Å². The molecule has 0 saturated carbocycles. The fraction of sp³-hybridized carbons (Fsp3) is 0.300. The maximum Gasteiger partial charge on any atom is -0.00990 e. The molecule has 3 rings (SSSR count). The molecule has 0 aliphatic heterocycles. The Morgan fingerprint density at radius 3 is 1.30 bits per heavy atom. The summed E-state index contributed by atoms with van der Waals surface area (Å²) < 4.78 is 0. The second kappa shape index (κ2) is 7.09. The zero-order chi connectivity index (χ0) is 15.3. The minimum absolute atomic E-state index is 1.16. The summed E-state index contributed by atoms with van der Waals surface area (Å²) in [6.07, 6.45) is 0. The molecule has 0 unspecified atom stereocenters. The zero-order valence-electron chi connectivity index (χ0n) is 13.7. The lowest BCUT2D eigenvalue weighted by Gasteiger charge is -2.01. The second-order valence-corrected chi connectivity index (χ2v) is 4.58. The van der Waals surface area contributed by atoms with Crippen LogP contribution >= 0.6 is 0 Å². The van der Waals surface area contributed by atoms with Crippen LogP contribution in [0, 0.1) is 13.8 Å². The van der Waals surface area contributed by atoms with Gasteiger partial charge in [-0.2, -0.15) is 0 Å². The van der Waals surface area contributed by atoms with Crippen molar-refractivity contribution in [2.75, 3.05) is 0 Å². The van der Waals surface area contributed by atoms with Crippen molar-refractivity contribution in [2.45, 2.75) is 41.5 Å². The van der Waals surface area contributed by atoms with Crippen molar-refractivity contribution in [3.63, 3.8) is 0 Å². The van der Waals surface area contributed by atoms with Gasteiger partial charge in [0.2, 0.25) is 0 Å². The van der Waals surface area contributed by atoms with E-state index in [9.17, 15) is 0 Å². The molecule has 2 aromatic rings. The SMILES string of the molecule is C=C1c2cc(C)ccc2-c2ccc(C)cc21.CC.CC. The lowest BCUT2D eigenvalue weighted by molar-refractivity contribution is 1.46. The summed E-state index contributed by atoms with van der Waals surface area (Å²) in [6, 6.07) is 13.2. The highest BCUT2D eigenvalue weighted by atomic mass is 14.2. The van der Waals surface area contributed by atoms with E-state index in [0.29, 0.717) is 0 Å². The molecular formula is C20H26. The van der Waals surface area contributed by atoms with Crippen LogP contribution in [0.2, 0.25) is 0 Å². The molecule has 106 valence electrons. The van der Waals surface area contributed by atoms with Crippen LogP contribution in [0.25, 0.3) is 16.7 Å². The molecule has 0 bridgehead atoms. The summed E-state index contributed by atoms with van der Waals surface area (Å²) in [6.45, 7) is 16.5. The number of benzene rings is 2. The zero-order valence-corrected chi connectivity index (χ0v) is 13.7. The van der Waals surface area contributed by atoms with Gasteiger partial charge in [0, 0.05) is 0 Å². The van der Waals surface area contributed by atoms with Crippen molar-refractivity contribution < 1.29 is 0 Å². The smallest absolute Gasteiger partial charge is 0.00990 e. The third-order valence-corrected chi connectivity index (χ3v) is 3.29. The Bertz CT molecular complexity index is 550. The van der Waals surface area contributed by atoms with Crippen LogP contribution in [0.3, 0.4) is 0 Å². The van der Waals surface area contributed by atoms with E-state index in [1.165, 1.54) is 33.4 Å².